The first kappa shape index (κ1) is 21.8. The molecule has 0 aliphatic carbocycles. The Kier molecular flexibility index (Phi) is 7.11. The van der Waals surface area contributed by atoms with Crippen LogP contribution in [0.5, 0.6) is 11.5 Å². The zero-order valence-electron chi connectivity index (χ0n) is 18.0. The Morgan fingerprint density at radius 2 is 1.93 bits per heavy atom. The van der Waals surface area contributed by atoms with Crippen LogP contribution in [-0.4, -0.2) is 51.2 Å². The van der Waals surface area contributed by atoms with Crippen LogP contribution in [0.1, 0.15) is 25.0 Å². The summed E-state index contributed by atoms with van der Waals surface area (Å²) < 4.78 is 25.3. The molecule has 1 N–H and O–H groups in total. The van der Waals surface area contributed by atoms with E-state index in [-0.39, 0.29) is 18.3 Å². The summed E-state index contributed by atoms with van der Waals surface area (Å²) in [7, 11) is 3.90. The van der Waals surface area contributed by atoms with Gasteiger partial charge in [0, 0.05) is 24.2 Å². The smallest absolute Gasteiger partial charge is 0.251 e. The van der Waals surface area contributed by atoms with Gasteiger partial charge in [-0.3, -0.25) is 4.79 Å². The summed E-state index contributed by atoms with van der Waals surface area (Å²) in [5.74, 6) is 1.27. The minimum absolute atomic E-state index is 0.152. The number of hydrogen-bond donors (Lipinski definition) is 1. The van der Waals surface area contributed by atoms with Crippen LogP contribution >= 0.6 is 0 Å². The van der Waals surface area contributed by atoms with E-state index in [2.05, 4.69) is 19.2 Å². The Labute approximate surface area is 177 Å². The van der Waals surface area contributed by atoms with Crippen LogP contribution in [0, 0.1) is 11.7 Å². The van der Waals surface area contributed by atoms with Gasteiger partial charge in [0.1, 0.15) is 23.9 Å². The van der Waals surface area contributed by atoms with Gasteiger partial charge in [0.25, 0.3) is 5.91 Å². The normalized spacial score (nSPS) is 13.3. The molecule has 0 bridgehead atoms. The van der Waals surface area contributed by atoms with Crippen LogP contribution in [-0.2, 0) is 4.79 Å². The molecule has 2 aromatic rings. The maximum atomic E-state index is 13.5. The van der Waals surface area contributed by atoms with E-state index in [1.807, 2.05) is 37.2 Å². The topological polar surface area (TPSA) is 50.8 Å². The number of ether oxygens (including phenoxy) is 2. The average Bonchev–Trinajstić information content (AvgIpc) is 2.71. The summed E-state index contributed by atoms with van der Waals surface area (Å²) in [6, 6.07) is 11.8. The second kappa shape index (κ2) is 9.76. The van der Waals surface area contributed by atoms with Crippen molar-refractivity contribution in [3.63, 3.8) is 0 Å². The van der Waals surface area contributed by atoms with E-state index in [1.165, 1.54) is 12.1 Å². The number of likely N-dealkylation sites (N-methyl/N-ethyl adjacent to an activating group) is 1. The zero-order chi connectivity index (χ0) is 21.7. The maximum Gasteiger partial charge on any atom is 0.251 e. The summed E-state index contributed by atoms with van der Waals surface area (Å²) in [6.07, 6.45) is 0. The van der Waals surface area contributed by atoms with Crippen molar-refractivity contribution in [1.82, 2.24) is 10.2 Å². The predicted octanol–water partition coefficient (Wildman–Crippen LogP) is 3.73. The molecule has 0 aromatic heterocycles. The molecule has 0 saturated carbocycles. The minimum atomic E-state index is -0.322. The fourth-order valence-corrected chi connectivity index (χ4v) is 3.19. The molecule has 1 heterocycles. The minimum Gasteiger partial charge on any atom is -0.493 e. The van der Waals surface area contributed by atoms with Crippen LogP contribution in [0.25, 0.3) is 5.57 Å². The quantitative estimate of drug-likeness (QED) is 0.718. The number of carbonyl (C=O) groups is 1. The molecule has 2 aromatic carbocycles. The Bertz CT molecular complexity index is 921. The van der Waals surface area contributed by atoms with Crippen molar-refractivity contribution in [2.45, 2.75) is 13.8 Å². The van der Waals surface area contributed by atoms with Crippen molar-refractivity contribution in [3.05, 3.63) is 65.0 Å². The van der Waals surface area contributed by atoms with Gasteiger partial charge in [-0.25, -0.2) is 4.39 Å². The average molecular weight is 413 g/mol. The number of nitrogens with zero attached hydrogens (tertiary/aromatic N) is 1. The van der Waals surface area contributed by atoms with Crippen LogP contribution in [0.4, 0.5) is 4.39 Å². The molecule has 0 fully saturated rings. The number of amides is 1. The Morgan fingerprint density at radius 1 is 1.20 bits per heavy atom. The lowest BCUT2D eigenvalue weighted by Crippen LogP contribution is -2.34. The molecule has 5 nitrogen and oxygen atoms in total. The monoisotopic (exact) mass is 412 g/mol. The molecule has 1 aliphatic heterocycles. The Morgan fingerprint density at radius 3 is 2.60 bits per heavy atom. The molecule has 0 saturated heterocycles. The largest absolute Gasteiger partial charge is 0.493 e. The van der Waals surface area contributed by atoms with Crippen molar-refractivity contribution >= 4 is 11.5 Å². The summed E-state index contributed by atoms with van der Waals surface area (Å²) in [5.41, 5.74) is 2.80. The van der Waals surface area contributed by atoms with E-state index in [0.717, 1.165) is 23.2 Å². The second-order valence-electron chi connectivity index (χ2n) is 8.07. The third-order valence-corrected chi connectivity index (χ3v) is 4.73. The second-order valence-corrected chi connectivity index (χ2v) is 8.07. The zero-order valence-corrected chi connectivity index (χ0v) is 18.0. The van der Waals surface area contributed by atoms with E-state index in [0.29, 0.717) is 36.1 Å². The molecule has 1 amide bonds. The number of halogens is 1. The van der Waals surface area contributed by atoms with Crippen molar-refractivity contribution in [1.29, 1.82) is 0 Å². The molecular formula is C24H29FN2O3. The van der Waals surface area contributed by atoms with E-state index in [9.17, 15) is 9.18 Å². The standard InChI is InChI=1S/C24H29FN2O3/c1-16(2)14-29-19-9-10-22-20(13-19)23(17-5-7-18(25)8-6-17)21(15-30-22)24(28)26-11-12-27(3)4/h5-10,13,16H,11-12,14-15H2,1-4H3,(H,26,28). The predicted molar refractivity (Wildman–Crippen MR) is 116 cm³/mol. The molecular weight excluding hydrogens is 383 g/mol. The molecule has 0 radical (unpaired) electrons. The highest BCUT2D eigenvalue weighted by Crippen LogP contribution is 2.39. The van der Waals surface area contributed by atoms with Gasteiger partial charge in [-0.15, -0.1) is 0 Å². The summed E-state index contributed by atoms with van der Waals surface area (Å²) in [5, 5.41) is 2.96. The first-order valence-corrected chi connectivity index (χ1v) is 10.2. The van der Waals surface area contributed by atoms with Crippen molar-refractivity contribution in [2.75, 3.05) is 40.4 Å². The van der Waals surface area contributed by atoms with Gasteiger partial charge in [0.15, 0.2) is 0 Å². The van der Waals surface area contributed by atoms with Gasteiger partial charge in [-0.2, -0.15) is 0 Å². The fraction of sp³-hybridized carbons (Fsp3) is 0.375. The molecule has 30 heavy (non-hydrogen) atoms. The summed E-state index contributed by atoms with van der Waals surface area (Å²) >= 11 is 0. The number of fused-ring (bicyclic) bond motifs is 1. The number of benzene rings is 2. The third-order valence-electron chi connectivity index (χ3n) is 4.73. The van der Waals surface area contributed by atoms with Crippen LogP contribution in [0.3, 0.4) is 0 Å². The molecule has 1 aliphatic rings. The SMILES string of the molecule is CC(C)COc1ccc2c(c1)C(c1ccc(F)cc1)=C(C(=O)NCCN(C)C)CO2. The van der Waals surface area contributed by atoms with E-state index < -0.39 is 0 Å². The van der Waals surface area contributed by atoms with Crippen molar-refractivity contribution in [3.8, 4) is 11.5 Å². The molecule has 0 atom stereocenters. The van der Waals surface area contributed by atoms with Gasteiger partial charge < -0.3 is 19.7 Å². The van der Waals surface area contributed by atoms with Gasteiger partial charge in [-0.05, 0) is 55.9 Å². The van der Waals surface area contributed by atoms with E-state index in [1.54, 1.807) is 12.1 Å². The van der Waals surface area contributed by atoms with Gasteiger partial charge >= 0.3 is 0 Å². The lowest BCUT2D eigenvalue weighted by atomic mass is 9.90. The maximum absolute atomic E-state index is 13.5. The third kappa shape index (κ3) is 5.39. The van der Waals surface area contributed by atoms with E-state index in [4.69, 9.17) is 9.47 Å². The molecule has 6 heteroatoms. The highest BCUT2D eigenvalue weighted by Gasteiger charge is 2.26. The van der Waals surface area contributed by atoms with Gasteiger partial charge in [-0.1, -0.05) is 26.0 Å². The molecule has 3 rings (SSSR count). The lowest BCUT2D eigenvalue weighted by molar-refractivity contribution is -0.117. The number of nitrogens with one attached hydrogen (secondary N) is 1. The first-order valence-electron chi connectivity index (χ1n) is 10.2. The van der Waals surface area contributed by atoms with Crippen LogP contribution < -0.4 is 14.8 Å². The van der Waals surface area contributed by atoms with Gasteiger partial charge in [0.05, 0.1) is 12.2 Å². The Balaban J connectivity index is 2.01. The van der Waals surface area contributed by atoms with Crippen LogP contribution in [0.2, 0.25) is 0 Å². The molecule has 0 spiro atoms. The Hall–Kier alpha value is -2.86. The highest BCUT2D eigenvalue weighted by molar-refractivity contribution is 6.06. The molecule has 160 valence electrons. The number of carbonyl (C=O) groups excluding carboxylic acids is 1. The fourth-order valence-electron chi connectivity index (χ4n) is 3.19. The van der Waals surface area contributed by atoms with Crippen LogP contribution in [0.15, 0.2) is 48.0 Å². The van der Waals surface area contributed by atoms with Crippen molar-refractivity contribution in [2.24, 2.45) is 5.92 Å². The first-order chi connectivity index (χ1) is 14.3. The van der Waals surface area contributed by atoms with E-state index >= 15 is 0 Å². The highest BCUT2D eigenvalue weighted by atomic mass is 19.1. The number of rotatable bonds is 8. The summed E-state index contributed by atoms with van der Waals surface area (Å²) in [4.78, 5) is 15.0. The number of hydrogen-bond acceptors (Lipinski definition) is 4. The van der Waals surface area contributed by atoms with Gasteiger partial charge in [0.2, 0.25) is 0 Å². The lowest BCUT2D eigenvalue weighted by Gasteiger charge is -2.25. The molecule has 0 unspecified atom stereocenters. The summed E-state index contributed by atoms with van der Waals surface area (Å²) in [6.45, 7) is 6.17. The van der Waals surface area contributed by atoms with Crippen molar-refractivity contribution < 1.29 is 18.7 Å².